The molecule has 1 aromatic carbocycles. The van der Waals surface area contributed by atoms with Gasteiger partial charge in [-0.1, -0.05) is 80.3 Å². The van der Waals surface area contributed by atoms with Crippen molar-refractivity contribution in [3.05, 3.63) is 59.3 Å². The van der Waals surface area contributed by atoms with Gasteiger partial charge in [0.15, 0.2) is 5.16 Å². The fraction of sp³-hybridized carbons (Fsp3) is 0.407. The highest BCUT2D eigenvalue weighted by Gasteiger charge is 2.25. The maximum atomic E-state index is 12.9. The molecule has 0 radical (unpaired) electrons. The Bertz CT molecular complexity index is 1210. The van der Waals surface area contributed by atoms with Crippen LogP contribution in [-0.2, 0) is 22.5 Å². The van der Waals surface area contributed by atoms with Crippen LogP contribution in [-0.4, -0.2) is 39.5 Å². The van der Waals surface area contributed by atoms with Gasteiger partial charge in [-0.15, -0.1) is 28.1 Å². The predicted octanol–water partition coefficient (Wildman–Crippen LogP) is 6.14. The highest BCUT2D eigenvalue weighted by Crippen LogP contribution is 2.40. The predicted molar refractivity (Wildman–Crippen MR) is 146 cm³/mol. The Morgan fingerprint density at radius 1 is 1.22 bits per heavy atom. The van der Waals surface area contributed by atoms with Crippen LogP contribution in [0.5, 0.6) is 0 Å². The molecule has 2 aromatic heterocycles. The zero-order valence-electron chi connectivity index (χ0n) is 20.8. The molecule has 1 N–H and O–H groups in total. The molecular weight excluding hydrogens is 492 g/mol. The summed E-state index contributed by atoms with van der Waals surface area (Å²) in [6.45, 7) is 6.43. The third kappa shape index (κ3) is 6.07. The number of thiophene rings is 1. The van der Waals surface area contributed by atoms with Crippen molar-refractivity contribution in [2.24, 2.45) is 5.92 Å². The monoisotopic (exact) mass is 524 g/mol. The number of methoxy groups -OCH3 is 1. The van der Waals surface area contributed by atoms with Crippen molar-refractivity contribution in [2.75, 3.05) is 18.2 Å². The van der Waals surface area contributed by atoms with Gasteiger partial charge in [0.25, 0.3) is 0 Å². The van der Waals surface area contributed by atoms with Gasteiger partial charge >= 0.3 is 5.97 Å². The molecule has 1 aliphatic carbocycles. The quantitative estimate of drug-likeness (QED) is 0.195. The third-order valence-corrected chi connectivity index (χ3v) is 8.41. The fourth-order valence-electron chi connectivity index (χ4n) is 4.71. The maximum Gasteiger partial charge on any atom is 0.341 e. The maximum absolute atomic E-state index is 12.9. The van der Waals surface area contributed by atoms with E-state index < -0.39 is 5.97 Å². The molecule has 4 rings (SSSR count). The van der Waals surface area contributed by atoms with Crippen LogP contribution in [0.4, 0.5) is 5.00 Å². The third-order valence-electron chi connectivity index (χ3n) is 6.42. The van der Waals surface area contributed by atoms with Crippen molar-refractivity contribution >= 4 is 40.0 Å². The lowest BCUT2D eigenvalue weighted by molar-refractivity contribution is -0.113. The molecule has 1 aliphatic rings. The van der Waals surface area contributed by atoms with E-state index in [2.05, 4.69) is 26.7 Å². The van der Waals surface area contributed by atoms with E-state index in [9.17, 15) is 9.59 Å². The van der Waals surface area contributed by atoms with Crippen LogP contribution < -0.4 is 5.32 Å². The number of anilines is 1. The minimum Gasteiger partial charge on any atom is -0.465 e. The molecule has 1 amide bonds. The number of thioether (sulfide) groups is 1. The second-order valence-corrected chi connectivity index (χ2v) is 11.1. The number of aryl methyl sites for hydroxylation is 1. The van der Waals surface area contributed by atoms with Crippen molar-refractivity contribution in [1.29, 1.82) is 0 Å². The normalized spacial score (nSPS) is 13.9. The number of nitrogens with zero attached hydrogens (tertiary/aromatic N) is 3. The van der Waals surface area contributed by atoms with Gasteiger partial charge in [-0.25, -0.2) is 4.79 Å². The number of esters is 1. The van der Waals surface area contributed by atoms with E-state index in [1.165, 1.54) is 62.3 Å². The zero-order chi connectivity index (χ0) is 25.5. The number of carbonyl (C=O) groups is 2. The summed E-state index contributed by atoms with van der Waals surface area (Å²) in [4.78, 5) is 26.6. The van der Waals surface area contributed by atoms with Gasteiger partial charge in [0, 0.05) is 23.4 Å². The minimum absolute atomic E-state index is 0.150. The van der Waals surface area contributed by atoms with Crippen LogP contribution in [0.2, 0.25) is 0 Å². The van der Waals surface area contributed by atoms with Crippen molar-refractivity contribution < 1.29 is 14.3 Å². The molecule has 0 unspecified atom stereocenters. The van der Waals surface area contributed by atoms with E-state index in [1.807, 2.05) is 43.3 Å². The van der Waals surface area contributed by atoms with E-state index >= 15 is 0 Å². The fourth-order valence-corrected chi connectivity index (χ4v) is 6.56. The summed E-state index contributed by atoms with van der Waals surface area (Å²) in [5.41, 5.74) is 2.08. The molecular formula is C27H32N4O3S2. The van der Waals surface area contributed by atoms with E-state index in [4.69, 9.17) is 4.74 Å². The first-order valence-corrected chi connectivity index (χ1v) is 14.0. The lowest BCUT2D eigenvalue weighted by Gasteiger charge is -2.21. The van der Waals surface area contributed by atoms with Crippen molar-refractivity contribution in [1.82, 2.24) is 14.8 Å². The number of hydrogen-bond donors (Lipinski definition) is 1. The number of ether oxygens (including phenoxy) is 1. The summed E-state index contributed by atoms with van der Waals surface area (Å²) in [5.74, 6) is 1.06. The first-order valence-electron chi connectivity index (χ1n) is 12.2. The molecule has 190 valence electrons. The topological polar surface area (TPSA) is 86.1 Å². The Balaban J connectivity index is 1.48. The van der Waals surface area contributed by atoms with E-state index in [0.29, 0.717) is 28.2 Å². The first kappa shape index (κ1) is 26.2. The van der Waals surface area contributed by atoms with Gasteiger partial charge in [-0.05, 0) is 18.4 Å². The van der Waals surface area contributed by atoms with E-state index in [1.54, 1.807) is 0 Å². The van der Waals surface area contributed by atoms with Gasteiger partial charge in [0.1, 0.15) is 16.4 Å². The number of nitrogens with one attached hydrogen (secondary N) is 1. The van der Waals surface area contributed by atoms with Gasteiger partial charge in [-0.3, -0.25) is 4.79 Å². The molecule has 0 aliphatic heterocycles. The number of amides is 1. The standard InChI is InChI=1S/C27H32N4O3S2/c1-4-15-31-21(16-19-11-7-5-8-12-19)29-30-27(31)35-17-22(32)28-25-24(26(33)34-3)23(18(2)36-25)20-13-9-6-10-14-20/h4,6,9-10,13-14,19H,1,5,7-8,11-12,15-17H2,2-3H3,(H,28,32). The minimum atomic E-state index is -0.473. The molecule has 0 saturated heterocycles. The van der Waals surface area contributed by atoms with Crippen LogP contribution in [0.3, 0.4) is 0 Å². The first-order chi connectivity index (χ1) is 17.5. The average Bonchev–Trinajstić information content (AvgIpc) is 3.43. The Hall–Kier alpha value is -2.91. The molecule has 1 saturated carbocycles. The summed E-state index contributed by atoms with van der Waals surface area (Å²) in [6, 6.07) is 9.66. The van der Waals surface area contributed by atoms with Crippen molar-refractivity contribution in [3.8, 4) is 11.1 Å². The summed E-state index contributed by atoms with van der Waals surface area (Å²) in [6.07, 6.45) is 9.10. The summed E-state index contributed by atoms with van der Waals surface area (Å²) >= 11 is 2.72. The number of carbonyl (C=O) groups excluding carboxylic acids is 2. The van der Waals surface area contributed by atoms with Gasteiger partial charge in [0.2, 0.25) is 5.91 Å². The highest BCUT2D eigenvalue weighted by atomic mass is 32.2. The Labute approximate surface area is 220 Å². The van der Waals surface area contributed by atoms with Crippen molar-refractivity contribution in [2.45, 2.75) is 57.1 Å². The van der Waals surface area contributed by atoms with Crippen LogP contribution in [0, 0.1) is 12.8 Å². The molecule has 1 fully saturated rings. The van der Waals surface area contributed by atoms with Gasteiger partial charge in [-0.2, -0.15) is 0 Å². The second kappa shape index (κ2) is 12.4. The second-order valence-electron chi connectivity index (χ2n) is 8.94. The lowest BCUT2D eigenvalue weighted by Crippen LogP contribution is -2.17. The summed E-state index contributed by atoms with van der Waals surface area (Å²) in [5, 5.41) is 12.9. The number of aromatic nitrogens is 3. The number of hydrogen-bond acceptors (Lipinski definition) is 7. The van der Waals surface area contributed by atoms with E-state index in [0.717, 1.165) is 28.2 Å². The number of allylic oxidation sites excluding steroid dienone is 1. The zero-order valence-corrected chi connectivity index (χ0v) is 22.4. The Kier molecular flexibility index (Phi) is 8.98. The Morgan fingerprint density at radius 2 is 1.97 bits per heavy atom. The largest absolute Gasteiger partial charge is 0.465 e. The van der Waals surface area contributed by atoms with E-state index in [-0.39, 0.29) is 11.7 Å². The number of rotatable bonds is 10. The molecule has 9 heteroatoms. The molecule has 0 atom stereocenters. The molecule has 0 spiro atoms. The highest BCUT2D eigenvalue weighted by molar-refractivity contribution is 7.99. The molecule has 0 bridgehead atoms. The summed E-state index contributed by atoms with van der Waals surface area (Å²) < 4.78 is 7.11. The van der Waals surface area contributed by atoms with Crippen LogP contribution >= 0.6 is 23.1 Å². The molecule has 2 heterocycles. The van der Waals surface area contributed by atoms with Crippen LogP contribution in [0.1, 0.15) is 53.2 Å². The van der Waals surface area contributed by atoms with Gasteiger partial charge < -0.3 is 14.6 Å². The number of benzene rings is 1. The summed E-state index contributed by atoms with van der Waals surface area (Å²) in [7, 11) is 1.35. The van der Waals surface area contributed by atoms with Gasteiger partial charge in [0.05, 0.1) is 12.9 Å². The molecule has 7 nitrogen and oxygen atoms in total. The Morgan fingerprint density at radius 3 is 2.67 bits per heavy atom. The van der Waals surface area contributed by atoms with Crippen LogP contribution in [0.25, 0.3) is 11.1 Å². The molecule has 3 aromatic rings. The van der Waals surface area contributed by atoms with Crippen molar-refractivity contribution in [3.63, 3.8) is 0 Å². The average molecular weight is 525 g/mol. The SMILES string of the molecule is C=CCn1c(CC2CCCCC2)nnc1SCC(=O)Nc1sc(C)c(-c2ccccc2)c1C(=O)OC. The van der Waals surface area contributed by atoms with Crippen LogP contribution in [0.15, 0.2) is 48.1 Å². The lowest BCUT2D eigenvalue weighted by atomic mass is 9.87. The smallest absolute Gasteiger partial charge is 0.341 e. The molecule has 36 heavy (non-hydrogen) atoms.